The Labute approximate surface area is 132 Å². The predicted molar refractivity (Wildman–Crippen MR) is 85.8 cm³/mol. The first-order valence-corrected chi connectivity index (χ1v) is 7.57. The Morgan fingerprint density at radius 1 is 1.25 bits per heavy atom. The molecule has 2 aromatic carbocycles. The second kappa shape index (κ2) is 6.70. The second-order valence-corrected chi connectivity index (χ2v) is 5.94. The molecule has 106 valence electrons. The van der Waals surface area contributed by atoms with Crippen LogP contribution in [-0.2, 0) is 6.42 Å². The van der Waals surface area contributed by atoms with E-state index in [-0.39, 0.29) is 16.9 Å². The molecule has 0 saturated carbocycles. The van der Waals surface area contributed by atoms with E-state index in [1.165, 1.54) is 17.2 Å². The van der Waals surface area contributed by atoms with Crippen LogP contribution in [0.15, 0.2) is 40.9 Å². The quantitative estimate of drug-likeness (QED) is 0.808. The van der Waals surface area contributed by atoms with E-state index in [1.807, 2.05) is 25.2 Å². The molecule has 1 unspecified atom stereocenters. The van der Waals surface area contributed by atoms with E-state index in [0.29, 0.717) is 6.42 Å². The fourth-order valence-electron chi connectivity index (χ4n) is 2.30. The molecule has 0 spiro atoms. The first kappa shape index (κ1) is 15.5. The summed E-state index contributed by atoms with van der Waals surface area (Å²) in [6.45, 7) is 2.07. The van der Waals surface area contributed by atoms with E-state index in [1.54, 1.807) is 6.07 Å². The van der Waals surface area contributed by atoms with Crippen LogP contribution in [-0.4, -0.2) is 7.05 Å². The van der Waals surface area contributed by atoms with Crippen molar-refractivity contribution in [1.82, 2.24) is 5.32 Å². The molecule has 20 heavy (non-hydrogen) atoms. The second-order valence-electron chi connectivity index (χ2n) is 4.71. The highest BCUT2D eigenvalue weighted by Crippen LogP contribution is 2.29. The largest absolute Gasteiger partial charge is 0.313 e. The minimum atomic E-state index is -0.370. The first-order valence-electron chi connectivity index (χ1n) is 6.39. The van der Waals surface area contributed by atoms with Crippen LogP contribution in [0.3, 0.4) is 0 Å². The molecule has 0 saturated heterocycles. The first-order chi connectivity index (χ1) is 9.54. The summed E-state index contributed by atoms with van der Waals surface area (Å²) in [5.41, 5.74) is 3.17. The van der Waals surface area contributed by atoms with Gasteiger partial charge in [-0.3, -0.25) is 0 Å². The van der Waals surface area contributed by atoms with E-state index in [2.05, 4.69) is 34.2 Å². The molecule has 0 bridgehead atoms. The van der Waals surface area contributed by atoms with Gasteiger partial charge in [-0.25, -0.2) is 4.39 Å². The van der Waals surface area contributed by atoms with Crippen molar-refractivity contribution in [2.24, 2.45) is 0 Å². The van der Waals surface area contributed by atoms with Crippen LogP contribution in [0.25, 0.3) is 0 Å². The standard InChI is InChI=1S/C16H16BrClFN/c1-10-12(6-4-7-13(10)17)15(20-2)9-11-5-3-8-14(19)16(11)18/h3-8,15,20H,9H2,1-2H3. The lowest BCUT2D eigenvalue weighted by Crippen LogP contribution is -2.20. The average Bonchev–Trinajstić information content (AvgIpc) is 2.44. The van der Waals surface area contributed by atoms with Crippen LogP contribution in [0.4, 0.5) is 4.39 Å². The molecule has 2 rings (SSSR count). The molecule has 0 heterocycles. The summed E-state index contributed by atoms with van der Waals surface area (Å²) < 4.78 is 14.6. The lowest BCUT2D eigenvalue weighted by molar-refractivity contribution is 0.581. The summed E-state index contributed by atoms with van der Waals surface area (Å²) in [4.78, 5) is 0. The van der Waals surface area contributed by atoms with Gasteiger partial charge in [0.25, 0.3) is 0 Å². The number of nitrogens with one attached hydrogen (secondary N) is 1. The van der Waals surface area contributed by atoms with E-state index < -0.39 is 0 Å². The van der Waals surface area contributed by atoms with Gasteiger partial charge in [0.1, 0.15) is 5.82 Å². The maximum absolute atomic E-state index is 13.5. The summed E-state index contributed by atoms with van der Waals surface area (Å²) >= 11 is 9.58. The van der Waals surface area contributed by atoms with Crippen molar-refractivity contribution < 1.29 is 4.39 Å². The van der Waals surface area contributed by atoms with Gasteiger partial charge in [-0.05, 0) is 49.2 Å². The van der Waals surface area contributed by atoms with E-state index in [4.69, 9.17) is 11.6 Å². The lowest BCUT2D eigenvalue weighted by Gasteiger charge is -2.20. The van der Waals surface area contributed by atoms with Crippen LogP contribution in [0.2, 0.25) is 5.02 Å². The number of halogens is 3. The van der Waals surface area contributed by atoms with Gasteiger partial charge in [-0.1, -0.05) is 51.8 Å². The van der Waals surface area contributed by atoms with Crippen molar-refractivity contribution in [3.63, 3.8) is 0 Å². The molecule has 0 amide bonds. The highest BCUT2D eigenvalue weighted by molar-refractivity contribution is 9.10. The molecule has 0 aromatic heterocycles. The molecule has 0 fully saturated rings. The Bertz CT molecular complexity index is 615. The highest BCUT2D eigenvalue weighted by Gasteiger charge is 2.16. The van der Waals surface area contributed by atoms with Gasteiger partial charge in [0, 0.05) is 10.5 Å². The van der Waals surface area contributed by atoms with Gasteiger partial charge in [0.2, 0.25) is 0 Å². The number of rotatable bonds is 4. The van der Waals surface area contributed by atoms with Gasteiger partial charge >= 0.3 is 0 Å². The van der Waals surface area contributed by atoms with Crippen molar-refractivity contribution in [1.29, 1.82) is 0 Å². The Morgan fingerprint density at radius 2 is 1.95 bits per heavy atom. The van der Waals surface area contributed by atoms with E-state index >= 15 is 0 Å². The van der Waals surface area contributed by atoms with Crippen LogP contribution >= 0.6 is 27.5 Å². The van der Waals surface area contributed by atoms with E-state index in [9.17, 15) is 4.39 Å². The molecule has 4 heteroatoms. The van der Waals surface area contributed by atoms with Crippen LogP contribution in [0.5, 0.6) is 0 Å². The summed E-state index contributed by atoms with van der Waals surface area (Å²) in [7, 11) is 1.90. The van der Waals surface area contributed by atoms with Crippen molar-refractivity contribution in [3.05, 3.63) is 68.4 Å². The number of likely N-dealkylation sites (N-methyl/N-ethyl adjacent to an activating group) is 1. The Hall–Kier alpha value is -0.900. The highest BCUT2D eigenvalue weighted by atomic mass is 79.9. The normalized spacial score (nSPS) is 12.4. The molecule has 0 radical (unpaired) electrons. The van der Waals surface area contributed by atoms with Gasteiger partial charge in [-0.2, -0.15) is 0 Å². The van der Waals surface area contributed by atoms with Gasteiger partial charge in [0.15, 0.2) is 0 Å². The maximum atomic E-state index is 13.5. The zero-order valence-corrected chi connectivity index (χ0v) is 13.7. The van der Waals surface area contributed by atoms with Crippen molar-refractivity contribution >= 4 is 27.5 Å². The van der Waals surface area contributed by atoms with E-state index in [0.717, 1.165) is 10.0 Å². The minimum Gasteiger partial charge on any atom is -0.313 e. The van der Waals surface area contributed by atoms with Crippen LogP contribution in [0, 0.1) is 12.7 Å². The number of hydrogen-bond donors (Lipinski definition) is 1. The smallest absolute Gasteiger partial charge is 0.142 e. The zero-order valence-electron chi connectivity index (χ0n) is 11.4. The minimum absolute atomic E-state index is 0.0896. The third-order valence-corrected chi connectivity index (χ3v) is 4.77. The average molecular weight is 357 g/mol. The van der Waals surface area contributed by atoms with Gasteiger partial charge in [0.05, 0.1) is 5.02 Å². The molecular formula is C16H16BrClFN. The van der Waals surface area contributed by atoms with Gasteiger partial charge < -0.3 is 5.32 Å². The lowest BCUT2D eigenvalue weighted by atomic mass is 9.95. The Kier molecular flexibility index (Phi) is 5.19. The zero-order chi connectivity index (χ0) is 14.7. The van der Waals surface area contributed by atoms with Crippen molar-refractivity contribution in [3.8, 4) is 0 Å². The molecule has 2 aromatic rings. The summed E-state index contributed by atoms with van der Waals surface area (Å²) in [5.74, 6) is -0.370. The predicted octanol–water partition coefficient (Wildman–Crippen LogP) is 5.05. The Balaban J connectivity index is 2.34. The summed E-state index contributed by atoms with van der Waals surface area (Å²) in [6, 6.07) is 11.1. The molecule has 1 N–H and O–H groups in total. The molecule has 0 aliphatic carbocycles. The SMILES string of the molecule is CNC(Cc1cccc(F)c1Cl)c1cccc(Br)c1C. The summed E-state index contributed by atoms with van der Waals surface area (Å²) in [6.07, 6.45) is 0.643. The third-order valence-electron chi connectivity index (χ3n) is 3.49. The molecule has 1 atom stereocenters. The number of hydrogen-bond acceptors (Lipinski definition) is 1. The van der Waals surface area contributed by atoms with Gasteiger partial charge in [-0.15, -0.1) is 0 Å². The molecular weight excluding hydrogens is 341 g/mol. The third kappa shape index (κ3) is 3.22. The fourth-order valence-corrected chi connectivity index (χ4v) is 2.88. The fraction of sp³-hybridized carbons (Fsp3) is 0.250. The topological polar surface area (TPSA) is 12.0 Å². The van der Waals surface area contributed by atoms with Crippen LogP contribution in [0.1, 0.15) is 22.7 Å². The number of benzene rings is 2. The molecule has 0 aliphatic heterocycles. The Morgan fingerprint density at radius 3 is 2.65 bits per heavy atom. The monoisotopic (exact) mass is 355 g/mol. The molecule has 0 aliphatic rings. The summed E-state index contributed by atoms with van der Waals surface area (Å²) in [5, 5.41) is 3.49. The molecule has 1 nitrogen and oxygen atoms in total. The van der Waals surface area contributed by atoms with Crippen molar-refractivity contribution in [2.45, 2.75) is 19.4 Å². The van der Waals surface area contributed by atoms with Crippen LogP contribution < -0.4 is 5.32 Å². The van der Waals surface area contributed by atoms with Crippen molar-refractivity contribution in [2.75, 3.05) is 7.05 Å². The maximum Gasteiger partial charge on any atom is 0.142 e.